The second kappa shape index (κ2) is 4.61. The van der Waals surface area contributed by atoms with Gasteiger partial charge in [-0.2, -0.15) is 0 Å². The molecule has 1 aliphatic heterocycles. The predicted molar refractivity (Wildman–Crippen MR) is 51.6 cm³/mol. The standard InChI is InChI=1S/C10H13F2N3/c11-10(12)9-6-13-5-8(15-9)7-3-1-2-4-14-7/h5-7,10,14H,1-4H2. The lowest BCUT2D eigenvalue weighted by Gasteiger charge is -2.22. The van der Waals surface area contributed by atoms with Gasteiger partial charge < -0.3 is 5.32 Å². The van der Waals surface area contributed by atoms with Crippen LogP contribution in [0.2, 0.25) is 0 Å². The molecule has 0 bridgehead atoms. The minimum atomic E-state index is -2.54. The van der Waals surface area contributed by atoms with Crippen molar-refractivity contribution in [1.82, 2.24) is 15.3 Å². The summed E-state index contributed by atoms with van der Waals surface area (Å²) < 4.78 is 24.8. The summed E-state index contributed by atoms with van der Waals surface area (Å²) in [7, 11) is 0. The summed E-state index contributed by atoms with van der Waals surface area (Å²) >= 11 is 0. The van der Waals surface area contributed by atoms with Crippen LogP contribution < -0.4 is 5.32 Å². The molecule has 0 aromatic carbocycles. The Kier molecular flexibility index (Phi) is 3.20. The van der Waals surface area contributed by atoms with Crippen molar-refractivity contribution in [1.29, 1.82) is 0 Å². The molecule has 0 saturated carbocycles. The molecule has 2 rings (SSSR count). The predicted octanol–water partition coefficient (Wildman–Crippen LogP) is 2.23. The Labute approximate surface area is 86.9 Å². The van der Waals surface area contributed by atoms with Gasteiger partial charge in [0.05, 0.1) is 17.9 Å². The van der Waals surface area contributed by atoms with Gasteiger partial charge in [-0.25, -0.2) is 13.8 Å². The van der Waals surface area contributed by atoms with E-state index in [0.29, 0.717) is 5.69 Å². The zero-order chi connectivity index (χ0) is 10.7. The Morgan fingerprint density at radius 3 is 2.87 bits per heavy atom. The molecule has 5 heteroatoms. The van der Waals surface area contributed by atoms with Crippen molar-refractivity contribution in [2.75, 3.05) is 6.54 Å². The van der Waals surface area contributed by atoms with Crippen LogP contribution in [0.3, 0.4) is 0 Å². The molecule has 0 spiro atoms. The minimum absolute atomic E-state index is 0.0879. The summed E-state index contributed by atoms with van der Waals surface area (Å²) in [5, 5.41) is 3.25. The fraction of sp³-hybridized carbons (Fsp3) is 0.600. The van der Waals surface area contributed by atoms with Crippen LogP contribution in [0.1, 0.15) is 43.1 Å². The van der Waals surface area contributed by atoms with E-state index >= 15 is 0 Å². The lowest BCUT2D eigenvalue weighted by molar-refractivity contribution is 0.145. The van der Waals surface area contributed by atoms with Gasteiger partial charge in [0.2, 0.25) is 0 Å². The van der Waals surface area contributed by atoms with E-state index < -0.39 is 6.43 Å². The summed E-state index contributed by atoms with van der Waals surface area (Å²) in [6.45, 7) is 0.922. The van der Waals surface area contributed by atoms with Crippen molar-refractivity contribution in [3.05, 3.63) is 23.8 Å². The molecule has 3 nitrogen and oxygen atoms in total. The highest BCUT2D eigenvalue weighted by atomic mass is 19.3. The van der Waals surface area contributed by atoms with Crippen LogP contribution in [0.5, 0.6) is 0 Å². The SMILES string of the molecule is FC(F)c1cncc(C2CCCCN2)n1. The molecule has 1 N–H and O–H groups in total. The molecule has 1 saturated heterocycles. The largest absolute Gasteiger partial charge is 0.309 e. The van der Waals surface area contributed by atoms with Gasteiger partial charge >= 0.3 is 0 Å². The van der Waals surface area contributed by atoms with Crippen molar-refractivity contribution < 1.29 is 8.78 Å². The van der Waals surface area contributed by atoms with Crippen LogP contribution in [0.15, 0.2) is 12.4 Å². The zero-order valence-corrected chi connectivity index (χ0v) is 8.29. The van der Waals surface area contributed by atoms with Crippen LogP contribution in [0.4, 0.5) is 8.78 Å². The summed E-state index contributed by atoms with van der Waals surface area (Å²) in [6, 6.07) is 0.0879. The Bertz CT molecular complexity index is 324. The molecule has 0 radical (unpaired) electrons. The van der Waals surface area contributed by atoms with E-state index in [0.717, 1.165) is 32.0 Å². The number of nitrogens with zero attached hydrogens (tertiary/aromatic N) is 2. The third kappa shape index (κ3) is 2.47. The first kappa shape index (κ1) is 10.4. The number of rotatable bonds is 2. The summed E-state index contributed by atoms with van der Waals surface area (Å²) in [4.78, 5) is 7.72. The van der Waals surface area contributed by atoms with Crippen molar-refractivity contribution in [2.45, 2.75) is 31.7 Å². The molecule has 0 aliphatic carbocycles. The number of hydrogen-bond donors (Lipinski definition) is 1. The van der Waals surface area contributed by atoms with Gasteiger partial charge in [-0.1, -0.05) is 6.42 Å². The van der Waals surface area contributed by atoms with Crippen LogP contribution >= 0.6 is 0 Å². The molecule has 1 aromatic rings. The summed E-state index contributed by atoms with van der Waals surface area (Å²) in [6.07, 6.45) is 3.34. The molecule has 82 valence electrons. The van der Waals surface area contributed by atoms with E-state index in [1.165, 1.54) is 0 Å². The molecule has 1 aromatic heterocycles. The lowest BCUT2D eigenvalue weighted by Crippen LogP contribution is -2.27. The highest BCUT2D eigenvalue weighted by molar-refractivity contribution is 5.09. The number of nitrogens with one attached hydrogen (secondary N) is 1. The van der Waals surface area contributed by atoms with E-state index in [2.05, 4.69) is 15.3 Å². The van der Waals surface area contributed by atoms with E-state index in [1.807, 2.05) is 0 Å². The van der Waals surface area contributed by atoms with E-state index in [-0.39, 0.29) is 11.7 Å². The van der Waals surface area contributed by atoms with Gasteiger partial charge in [0.15, 0.2) is 0 Å². The maximum atomic E-state index is 12.4. The van der Waals surface area contributed by atoms with Gasteiger partial charge in [-0.3, -0.25) is 4.98 Å². The second-order valence-electron chi connectivity index (χ2n) is 3.67. The van der Waals surface area contributed by atoms with Crippen molar-refractivity contribution in [2.24, 2.45) is 0 Å². The first-order chi connectivity index (χ1) is 7.27. The maximum absolute atomic E-state index is 12.4. The highest BCUT2D eigenvalue weighted by Gasteiger charge is 2.18. The molecule has 15 heavy (non-hydrogen) atoms. The Hall–Kier alpha value is -1.10. The third-order valence-electron chi connectivity index (χ3n) is 2.56. The smallest absolute Gasteiger partial charge is 0.281 e. The maximum Gasteiger partial charge on any atom is 0.281 e. The molecular weight excluding hydrogens is 200 g/mol. The number of aromatic nitrogens is 2. The Balaban J connectivity index is 2.16. The van der Waals surface area contributed by atoms with Gasteiger partial charge in [-0.05, 0) is 19.4 Å². The second-order valence-corrected chi connectivity index (χ2v) is 3.67. The Morgan fingerprint density at radius 2 is 2.20 bits per heavy atom. The van der Waals surface area contributed by atoms with Gasteiger partial charge in [0, 0.05) is 6.20 Å². The molecule has 1 unspecified atom stereocenters. The fourth-order valence-electron chi connectivity index (χ4n) is 1.77. The quantitative estimate of drug-likeness (QED) is 0.818. The average Bonchev–Trinajstić information content (AvgIpc) is 2.30. The molecule has 2 heterocycles. The average molecular weight is 213 g/mol. The van der Waals surface area contributed by atoms with Crippen LogP contribution in [-0.2, 0) is 0 Å². The first-order valence-electron chi connectivity index (χ1n) is 5.11. The van der Waals surface area contributed by atoms with Crippen molar-refractivity contribution in [3.63, 3.8) is 0 Å². The van der Waals surface area contributed by atoms with E-state index in [4.69, 9.17) is 0 Å². The minimum Gasteiger partial charge on any atom is -0.309 e. The third-order valence-corrected chi connectivity index (χ3v) is 2.56. The van der Waals surface area contributed by atoms with Crippen molar-refractivity contribution in [3.8, 4) is 0 Å². The first-order valence-corrected chi connectivity index (χ1v) is 5.11. The number of piperidine rings is 1. The number of halogens is 2. The molecule has 1 aliphatic rings. The molecule has 1 atom stereocenters. The molecular formula is C10H13F2N3. The Morgan fingerprint density at radius 1 is 1.33 bits per heavy atom. The summed E-state index contributed by atoms with van der Waals surface area (Å²) in [5.41, 5.74) is 0.396. The number of alkyl halides is 2. The van der Waals surface area contributed by atoms with E-state index in [9.17, 15) is 8.78 Å². The van der Waals surface area contributed by atoms with Gasteiger partial charge in [0.25, 0.3) is 6.43 Å². The van der Waals surface area contributed by atoms with Gasteiger partial charge in [0.1, 0.15) is 5.69 Å². The van der Waals surface area contributed by atoms with Crippen LogP contribution in [0, 0.1) is 0 Å². The van der Waals surface area contributed by atoms with Crippen molar-refractivity contribution >= 4 is 0 Å². The zero-order valence-electron chi connectivity index (χ0n) is 8.29. The highest BCUT2D eigenvalue weighted by Crippen LogP contribution is 2.22. The normalized spacial score (nSPS) is 21.9. The van der Waals surface area contributed by atoms with Crippen LogP contribution in [0.25, 0.3) is 0 Å². The monoisotopic (exact) mass is 213 g/mol. The topological polar surface area (TPSA) is 37.8 Å². The number of hydrogen-bond acceptors (Lipinski definition) is 3. The van der Waals surface area contributed by atoms with E-state index in [1.54, 1.807) is 6.20 Å². The summed E-state index contributed by atoms with van der Waals surface area (Å²) in [5.74, 6) is 0. The molecule has 0 amide bonds. The lowest BCUT2D eigenvalue weighted by atomic mass is 10.0. The molecule has 1 fully saturated rings. The van der Waals surface area contributed by atoms with Crippen LogP contribution in [-0.4, -0.2) is 16.5 Å². The van der Waals surface area contributed by atoms with Gasteiger partial charge in [-0.15, -0.1) is 0 Å². The fourth-order valence-corrected chi connectivity index (χ4v) is 1.77.